The van der Waals surface area contributed by atoms with Crippen LogP contribution < -0.4 is 5.73 Å². The SMILES string of the molecule is NC(=S)c1cccnc1-n1nnc2ccccc21. The summed E-state index contributed by atoms with van der Waals surface area (Å²) in [6.07, 6.45) is 1.67. The van der Waals surface area contributed by atoms with Gasteiger partial charge in [0.1, 0.15) is 10.5 Å². The number of nitrogens with two attached hydrogens (primary N) is 1. The van der Waals surface area contributed by atoms with Gasteiger partial charge in [-0.3, -0.25) is 0 Å². The molecule has 0 aliphatic carbocycles. The van der Waals surface area contributed by atoms with E-state index < -0.39 is 0 Å². The van der Waals surface area contributed by atoms with Crippen LogP contribution in [-0.2, 0) is 0 Å². The molecule has 2 N–H and O–H groups in total. The van der Waals surface area contributed by atoms with Crippen LogP contribution in [0.15, 0.2) is 42.6 Å². The topological polar surface area (TPSA) is 69.6 Å². The van der Waals surface area contributed by atoms with E-state index >= 15 is 0 Å². The Hall–Kier alpha value is -2.34. The standard InChI is InChI=1S/C12H9N5S/c13-11(18)8-4-3-7-14-12(8)17-10-6-2-1-5-9(10)15-16-17/h1-7H,(H2,13,18). The molecule has 88 valence electrons. The summed E-state index contributed by atoms with van der Waals surface area (Å²) in [4.78, 5) is 4.58. The van der Waals surface area contributed by atoms with Crippen molar-refractivity contribution in [3.05, 3.63) is 48.2 Å². The summed E-state index contributed by atoms with van der Waals surface area (Å²) in [6.45, 7) is 0. The van der Waals surface area contributed by atoms with Crippen molar-refractivity contribution in [2.24, 2.45) is 5.73 Å². The molecule has 1 aromatic carbocycles. The molecule has 0 aliphatic rings. The average molecular weight is 255 g/mol. The first-order valence-electron chi connectivity index (χ1n) is 5.33. The first-order valence-corrected chi connectivity index (χ1v) is 5.74. The molecule has 0 atom stereocenters. The summed E-state index contributed by atoms with van der Waals surface area (Å²) in [6, 6.07) is 11.3. The summed E-state index contributed by atoms with van der Waals surface area (Å²) in [7, 11) is 0. The van der Waals surface area contributed by atoms with Gasteiger partial charge in [-0.15, -0.1) is 5.10 Å². The van der Waals surface area contributed by atoms with E-state index in [4.69, 9.17) is 18.0 Å². The van der Waals surface area contributed by atoms with E-state index in [1.54, 1.807) is 16.9 Å². The Labute approximate surface area is 108 Å². The van der Waals surface area contributed by atoms with Crippen LogP contribution in [0.3, 0.4) is 0 Å². The first kappa shape index (κ1) is 10.8. The molecule has 0 amide bonds. The number of hydrogen-bond donors (Lipinski definition) is 1. The van der Waals surface area contributed by atoms with Crippen LogP contribution >= 0.6 is 12.2 Å². The summed E-state index contributed by atoms with van der Waals surface area (Å²) in [5.74, 6) is 0.596. The third kappa shape index (κ3) is 1.63. The maximum atomic E-state index is 5.69. The molecule has 6 heteroatoms. The Bertz CT molecular complexity index is 734. The number of aromatic nitrogens is 4. The largest absolute Gasteiger partial charge is 0.389 e. The monoisotopic (exact) mass is 255 g/mol. The van der Waals surface area contributed by atoms with Crippen molar-refractivity contribution in [2.75, 3.05) is 0 Å². The lowest BCUT2D eigenvalue weighted by Crippen LogP contribution is -2.15. The van der Waals surface area contributed by atoms with Crippen LogP contribution in [0.1, 0.15) is 5.56 Å². The van der Waals surface area contributed by atoms with Crippen LogP contribution in [0, 0.1) is 0 Å². The molecule has 2 aromatic heterocycles. The van der Waals surface area contributed by atoms with E-state index in [1.165, 1.54) is 0 Å². The van der Waals surface area contributed by atoms with E-state index in [0.29, 0.717) is 11.4 Å². The van der Waals surface area contributed by atoms with Gasteiger partial charge in [-0.05, 0) is 24.3 Å². The van der Waals surface area contributed by atoms with Gasteiger partial charge in [0.2, 0.25) is 0 Å². The molecule has 2 heterocycles. The predicted octanol–water partition coefficient (Wildman–Crippen LogP) is 1.45. The number of rotatable bonds is 2. The molecule has 3 rings (SSSR count). The number of pyridine rings is 1. The van der Waals surface area contributed by atoms with Crippen molar-refractivity contribution >= 4 is 28.2 Å². The fourth-order valence-corrected chi connectivity index (χ4v) is 1.94. The Morgan fingerprint density at radius 1 is 1.17 bits per heavy atom. The van der Waals surface area contributed by atoms with Crippen LogP contribution in [0.25, 0.3) is 16.9 Å². The van der Waals surface area contributed by atoms with Crippen LogP contribution in [-0.4, -0.2) is 25.0 Å². The highest BCUT2D eigenvalue weighted by Gasteiger charge is 2.12. The molecular weight excluding hydrogens is 246 g/mol. The molecule has 3 aromatic rings. The van der Waals surface area contributed by atoms with Crippen molar-refractivity contribution in [2.45, 2.75) is 0 Å². The van der Waals surface area contributed by atoms with Gasteiger partial charge in [-0.1, -0.05) is 29.6 Å². The highest BCUT2D eigenvalue weighted by Crippen LogP contribution is 2.17. The zero-order valence-corrected chi connectivity index (χ0v) is 10.1. The number of fused-ring (bicyclic) bond motifs is 1. The predicted molar refractivity (Wildman–Crippen MR) is 72.5 cm³/mol. The van der Waals surface area contributed by atoms with Crippen LogP contribution in [0.2, 0.25) is 0 Å². The van der Waals surface area contributed by atoms with Gasteiger partial charge in [0, 0.05) is 6.20 Å². The van der Waals surface area contributed by atoms with Gasteiger partial charge in [-0.2, -0.15) is 4.68 Å². The molecule has 5 nitrogen and oxygen atoms in total. The lowest BCUT2D eigenvalue weighted by Gasteiger charge is -2.06. The van der Waals surface area contributed by atoms with E-state index in [1.807, 2.05) is 30.3 Å². The van der Waals surface area contributed by atoms with Gasteiger partial charge in [0.15, 0.2) is 5.82 Å². The Kier molecular flexibility index (Phi) is 2.49. The second-order valence-electron chi connectivity index (χ2n) is 3.73. The fourth-order valence-electron chi connectivity index (χ4n) is 1.78. The van der Waals surface area contributed by atoms with E-state index in [9.17, 15) is 0 Å². The van der Waals surface area contributed by atoms with Crippen LogP contribution in [0.4, 0.5) is 0 Å². The van der Waals surface area contributed by atoms with Crippen molar-refractivity contribution < 1.29 is 0 Å². The fraction of sp³-hybridized carbons (Fsp3) is 0. The molecule has 0 bridgehead atoms. The van der Waals surface area contributed by atoms with E-state index in [0.717, 1.165) is 11.0 Å². The first-order chi connectivity index (χ1) is 8.77. The molecule has 0 saturated carbocycles. The molecule has 0 spiro atoms. The van der Waals surface area contributed by atoms with E-state index in [-0.39, 0.29) is 4.99 Å². The van der Waals surface area contributed by atoms with Gasteiger partial charge in [0.05, 0.1) is 11.1 Å². The van der Waals surface area contributed by atoms with Crippen molar-refractivity contribution in [1.29, 1.82) is 0 Å². The second-order valence-corrected chi connectivity index (χ2v) is 4.17. The minimum atomic E-state index is 0.290. The summed E-state index contributed by atoms with van der Waals surface area (Å²) < 4.78 is 1.64. The highest BCUT2D eigenvalue weighted by molar-refractivity contribution is 7.80. The molecule has 0 unspecified atom stereocenters. The van der Waals surface area contributed by atoms with Crippen LogP contribution in [0.5, 0.6) is 0 Å². The van der Waals surface area contributed by atoms with Gasteiger partial charge < -0.3 is 5.73 Å². The smallest absolute Gasteiger partial charge is 0.166 e. The summed E-state index contributed by atoms with van der Waals surface area (Å²) in [5.41, 5.74) is 8.05. The van der Waals surface area contributed by atoms with Crippen molar-refractivity contribution in [1.82, 2.24) is 20.0 Å². The van der Waals surface area contributed by atoms with Gasteiger partial charge >= 0.3 is 0 Å². The van der Waals surface area contributed by atoms with E-state index in [2.05, 4.69) is 15.3 Å². The maximum Gasteiger partial charge on any atom is 0.166 e. The minimum Gasteiger partial charge on any atom is -0.389 e. The second kappa shape index (κ2) is 4.15. The summed E-state index contributed by atoms with van der Waals surface area (Å²) >= 11 is 5.02. The highest BCUT2D eigenvalue weighted by atomic mass is 32.1. The van der Waals surface area contributed by atoms with Gasteiger partial charge in [-0.25, -0.2) is 4.98 Å². The van der Waals surface area contributed by atoms with Crippen molar-refractivity contribution in [3.63, 3.8) is 0 Å². The normalized spacial score (nSPS) is 10.7. The maximum absolute atomic E-state index is 5.69. The average Bonchev–Trinajstić information content (AvgIpc) is 2.82. The zero-order valence-electron chi connectivity index (χ0n) is 9.32. The molecule has 0 aliphatic heterocycles. The Morgan fingerprint density at radius 3 is 2.83 bits per heavy atom. The Morgan fingerprint density at radius 2 is 2.00 bits per heavy atom. The third-order valence-electron chi connectivity index (χ3n) is 2.60. The Balaban J connectivity index is 2.30. The third-order valence-corrected chi connectivity index (χ3v) is 2.82. The minimum absolute atomic E-state index is 0.290. The number of benzene rings is 1. The van der Waals surface area contributed by atoms with Gasteiger partial charge in [0.25, 0.3) is 0 Å². The lowest BCUT2D eigenvalue weighted by molar-refractivity contribution is 0.800. The number of hydrogen-bond acceptors (Lipinski definition) is 4. The van der Waals surface area contributed by atoms with Crippen molar-refractivity contribution in [3.8, 4) is 5.82 Å². The molecule has 0 saturated heterocycles. The zero-order chi connectivity index (χ0) is 12.5. The molecule has 0 radical (unpaired) electrons. The quantitative estimate of drug-likeness (QED) is 0.702. The number of thiocarbonyl (C=S) groups is 1. The lowest BCUT2D eigenvalue weighted by atomic mass is 10.2. The summed E-state index contributed by atoms with van der Waals surface area (Å²) in [5, 5.41) is 8.18. The number of para-hydroxylation sites is 1. The molecule has 0 fully saturated rings. The molecular formula is C12H9N5S. The molecule has 18 heavy (non-hydrogen) atoms. The number of nitrogens with zero attached hydrogens (tertiary/aromatic N) is 4.